The van der Waals surface area contributed by atoms with E-state index >= 15 is 0 Å². The average molecular weight is 169 g/mol. The van der Waals surface area contributed by atoms with E-state index in [1.807, 2.05) is 0 Å². The van der Waals surface area contributed by atoms with Gasteiger partial charge in [-0.05, 0) is 0 Å². The van der Waals surface area contributed by atoms with E-state index in [2.05, 4.69) is 5.10 Å². The highest BCUT2D eigenvalue weighted by molar-refractivity contribution is 5.93. The fraction of sp³-hybridized carbons (Fsp3) is 0.167. The molecule has 6 heteroatoms. The molecule has 3 N–H and O–H groups in total. The quantitative estimate of drug-likeness (QED) is 0.539. The van der Waals surface area contributed by atoms with Crippen LogP contribution in [0.15, 0.2) is 10.9 Å². The topological polar surface area (TPSA) is 98.2 Å². The second-order valence-corrected chi connectivity index (χ2v) is 2.20. The van der Waals surface area contributed by atoms with E-state index in [1.54, 1.807) is 0 Å². The van der Waals surface area contributed by atoms with E-state index in [9.17, 15) is 9.59 Å². The van der Waals surface area contributed by atoms with Gasteiger partial charge in [0, 0.05) is 13.1 Å². The van der Waals surface area contributed by atoms with Gasteiger partial charge in [0.05, 0.1) is 0 Å². The Labute approximate surface area is 67.2 Å². The summed E-state index contributed by atoms with van der Waals surface area (Å²) >= 11 is 0. The van der Waals surface area contributed by atoms with Crippen LogP contribution in [0, 0.1) is 0 Å². The van der Waals surface area contributed by atoms with Crippen LogP contribution in [0.25, 0.3) is 0 Å². The monoisotopic (exact) mass is 169 g/mol. The molecule has 0 fully saturated rings. The van der Waals surface area contributed by atoms with Gasteiger partial charge in [0.1, 0.15) is 0 Å². The lowest BCUT2D eigenvalue weighted by molar-refractivity contribution is 0.0990. The Morgan fingerprint density at radius 3 is 2.83 bits per heavy atom. The van der Waals surface area contributed by atoms with Gasteiger partial charge in [-0.15, -0.1) is 0 Å². The number of nitrogens with zero attached hydrogens (tertiary/aromatic N) is 2. The molecule has 1 amide bonds. The fourth-order valence-electron chi connectivity index (χ4n) is 0.705. The molecule has 1 aromatic rings. The Balaban J connectivity index is 3.43. The summed E-state index contributed by atoms with van der Waals surface area (Å²) in [6, 6.07) is 0.882. The number of aryl methyl sites for hydroxylation is 1. The van der Waals surface area contributed by atoms with E-state index in [0.717, 1.165) is 10.7 Å². The van der Waals surface area contributed by atoms with Crippen molar-refractivity contribution < 1.29 is 9.90 Å². The van der Waals surface area contributed by atoms with Crippen molar-refractivity contribution in [1.29, 1.82) is 0 Å². The predicted molar refractivity (Wildman–Crippen MR) is 39.7 cm³/mol. The average Bonchev–Trinajstić information content (AvgIpc) is 1.96. The molecule has 0 saturated carbocycles. The van der Waals surface area contributed by atoms with E-state index in [0.29, 0.717) is 0 Å². The van der Waals surface area contributed by atoms with Crippen LogP contribution in [0.3, 0.4) is 0 Å². The Hall–Kier alpha value is -1.85. The Morgan fingerprint density at radius 2 is 2.33 bits per heavy atom. The van der Waals surface area contributed by atoms with Crippen molar-refractivity contribution in [3.8, 4) is 5.75 Å². The number of aromatic nitrogens is 2. The summed E-state index contributed by atoms with van der Waals surface area (Å²) in [6.07, 6.45) is 0. The molecule has 0 bridgehead atoms. The molecule has 1 heterocycles. The maximum absolute atomic E-state index is 10.8. The van der Waals surface area contributed by atoms with Crippen LogP contribution in [-0.4, -0.2) is 20.8 Å². The summed E-state index contributed by atoms with van der Waals surface area (Å²) in [5.74, 6) is -1.37. The van der Waals surface area contributed by atoms with Gasteiger partial charge in [0.15, 0.2) is 11.4 Å². The van der Waals surface area contributed by atoms with Crippen molar-refractivity contribution in [3.05, 3.63) is 22.1 Å². The van der Waals surface area contributed by atoms with Gasteiger partial charge < -0.3 is 10.8 Å². The van der Waals surface area contributed by atoms with Crippen LogP contribution in [0.1, 0.15) is 10.5 Å². The number of hydrogen-bond acceptors (Lipinski definition) is 4. The molecule has 6 nitrogen and oxygen atoms in total. The molecule has 64 valence electrons. The van der Waals surface area contributed by atoms with Crippen molar-refractivity contribution in [3.63, 3.8) is 0 Å². The zero-order chi connectivity index (χ0) is 9.30. The molecule has 0 aliphatic heterocycles. The number of carbonyl (C=O) groups is 1. The molecule has 1 aromatic heterocycles. The summed E-state index contributed by atoms with van der Waals surface area (Å²) in [7, 11) is 1.36. The van der Waals surface area contributed by atoms with Crippen molar-refractivity contribution >= 4 is 5.91 Å². The van der Waals surface area contributed by atoms with Crippen LogP contribution in [0.5, 0.6) is 5.75 Å². The lowest BCUT2D eigenvalue weighted by Gasteiger charge is -2.00. The smallest absolute Gasteiger partial charge is 0.273 e. The molecule has 0 aromatic carbocycles. The molecule has 0 radical (unpaired) electrons. The van der Waals surface area contributed by atoms with Gasteiger partial charge >= 0.3 is 0 Å². The highest BCUT2D eigenvalue weighted by Gasteiger charge is 2.10. The molecular weight excluding hydrogens is 162 g/mol. The van der Waals surface area contributed by atoms with Crippen LogP contribution < -0.4 is 11.3 Å². The largest absolute Gasteiger partial charge is 0.505 e. The SMILES string of the molecule is Cn1nc(C(N)=O)c(O)cc1=O. The number of amides is 1. The third-order valence-electron chi connectivity index (χ3n) is 1.31. The first kappa shape index (κ1) is 8.25. The lowest BCUT2D eigenvalue weighted by Crippen LogP contribution is -2.24. The highest BCUT2D eigenvalue weighted by Crippen LogP contribution is 2.07. The highest BCUT2D eigenvalue weighted by atomic mass is 16.3. The number of aromatic hydroxyl groups is 1. The normalized spacial score (nSPS) is 9.75. The van der Waals surface area contributed by atoms with Crippen LogP contribution >= 0.6 is 0 Å². The standard InChI is InChI=1S/C6H7N3O3/c1-9-4(11)2-3(10)5(8-9)6(7)12/h2,10H,1H3,(H2,7,12). The number of rotatable bonds is 1. The summed E-state index contributed by atoms with van der Waals surface area (Å²) in [4.78, 5) is 21.4. The lowest BCUT2D eigenvalue weighted by atomic mass is 10.3. The van der Waals surface area contributed by atoms with E-state index in [4.69, 9.17) is 10.8 Å². The van der Waals surface area contributed by atoms with Crippen LogP contribution in [-0.2, 0) is 7.05 Å². The summed E-state index contributed by atoms with van der Waals surface area (Å²) in [5.41, 5.74) is 4.05. The number of carbonyl (C=O) groups excluding carboxylic acids is 1. The molecule has 0 atom stereocenters. The van der Waals surface area contributed by atoms with Crippen LogP contribution in [0.4, 0.5) is 0 Å². The van der Waals surface area contributed by atoms with Crippen LogP contribution in [0.2, 0.25) is 0 Å². The zero-order valence-corrected chi connectivity index (χ0v) is 6.31. The third-order valence-corrected chi connectivity index (χ3v) is 1.31. The first-order valence-electron chi connectivity index (χ1n) is 3.09. The Kier molecular flexibility index (Phi) is 1.82. The van der Waals surface area contributed by atoms with E-state index < -0.39 is 17.2 Å². The number of hydrogen-bond donors (Lipinski definition) is 2. The van der Waals surface area contributed by atoms with Gasteiger partial charge in [-0.25, -0.2) is 4.68 Å². The third kappa shape index (κ3) is 1.26. The second kappa shape index (κ2) is 2.65. The first-order valence-corrected chi connectivity index (χ1v) is 3.09. The minimum Gasteiger partial charge on any atom is -0.505 e. The molecule has 0 saturated heterocycles. The predicted octanol–water partition coefficient (Wildman–Crippen LogP) is -1.42. The van der Waals surface area contributed by atoms with Crippen molar-refractivity contribution in [2.75, 3.05) is 0 Å². The zero-order valence-electron chi connectivity index (χ0n) is 6.31. The van der Waals surface area contributed by atoms with Crippen molar-refractivity contribution in [2.45, 2.75) is 0 Å². The van der Waals surface area contributed by atoms with Gasteiger partial charge in [-0.2, -0.15) is 5.10 Å². The summed E-state index contributed by atoms with van der Waals surface area (Å²) in [6.45, 7) is 0. The first-order chi connectivity index (χ1) is 5.52. The minimum atomic E-state index is -0.872. The molecule has 0 aliphatic rings. The fourth-order valence-corrected chi connectivity index (χ4v) is 0.705. The minimum absolute atomic E-state index is 0.308. The van der Waals surface area contributed by atoms with Gasteiger partial charge in [0.25, 0.3) is 11.5 Å². The van der Waals surface area contributed by atoms with Crippen molar-refractivity contribution in [1.82, 2.24) is 9.78 Å². The molecule has 0 unspecified atom stereocenters. The maximum atomic E-state index is 10.8. The van der Waals surface area contributed by atoms with E-state index in [1.165, 1.54) is 7.05 Å². The van der Waals surface area contributed by atoms with E-state index in [-0.39, 0.29) is 5.69 Å². The molecule has 0 spiro atoms. The molecular formula is C6H7N3O3. The summed E-state index contributed by atoms with van der Waals surface area (Å²) < 4.78 is 0.916. The van der Waals surface area contributed by atoms with Gasteiger partial charge in [0.2, 0.25) is 0 Å². The Morgan fingerprint density at radius 1 is 1.75 bits per heavy atom. The number of primary amides is 1. The summed E-state index contributed by atoms with van der Waals surface area (Å²) in [5, 5.41) is 12.5. The Bertz CT molecular complexity index is 382. The second-order valence-electron chi connectivity index (χ2n) is 2.20. The van der Waals surface area contributed by atoms with Crippen molar-refractivity contribution in [2.24, 2.45) is 12.8 Å². The maximum Gasteiger partial charge on any atom is 0.273 e. The van der Waals surface area contributed by atoms with Gasteiger partial charge in [-0.3, -0.25) is 9.59 Å². The molecule has 1 rings (SSSR count). The van der Waals surface area contributed by atoms with Gasteiger partial charge in [-0.1, -0.05) is 0 Å². The molecule has 12 heavy (non-hydrogen) atoms. The number of nitrogens with two attached hydrogens (primary N) is 1. The molecule has 0 aliphatic carbocycles.